The molecule has 1 aliphatic carbocycles. The number of nitrogens with one attached hydrogen (secondary N) is 1. The Hall–Kier alpha value is -1.29. The predicted octanol–water partition coefficient (Wildman–Crippen LogP) is 4.21. The fourth-order valence-corrected chi connectivity index (χ4v) is 2.49. The van der Waals surface area contributed by atoms with E-state index < -0.39 is 0 Å². The summed E-state index contributed by atoms with van der Waals surface area (Å²) in [7, 11) is 0. The third-order valence-electron chi connectivity index (χ3n) is 3.63. The van der Waals surface area contributed by atoms with Crippen LogP contribution in [-0.4, -0.2) is 6.04 Å². The maximum absolute atomic E-state index is 5.95. The molecular weight excluding hydrogens is 286 g/mol. The Labute approximate surface area is 130 Å². The van der Waals surface area contributed by atoms with E-state index in [2.05, 4.69) is 11.4 Å². The second kappa shape index (κ2) is 6.65. The summed E-state index contributed by atoms with van der Waals surface area (Å²) in [6, 6.07) is 10.5. The van der Waals surface area contributed by atoms with E-state index in [1.807, 2.05) is 31.2 Å². The first-order valence-electron chi connectivity index (χ1n) is 7.34. The lowest BCUT2D eigenvalue weighted by molar-refractivity contribution is 0.0924. The maximum atomic E-state index is 5.95. The summed E-state index contributed by atoms with van der Waals surface area (Å²) in [5, 5.41) is 4.23. The summed E-state index contributed by atoms with van der Waals surface area (Å²) in [5.74, 6) is 1.85. The second-order valence-corrected chi connectivity index (χ2v) is 6.01. The van der Waals surface area contributed by atoms with Gasteiger partial charge in [0.2, 0.25) is 0 Å². The largest absolute Gasteiger partial charge is 0.464 e. The molecule has 0 atom stereocenters. The minimum Gasteiger partial charge on any atom is -0.464 e. The van der Waals surface area contributed by atoms with Crippen molar-refractivity contribution in [2.24, 2.45) is 0 Å². The Balaban J connectivity index is 1.49. The molecule has 1 aliphatic rings. The topological polar surface area (TPSA) is 34.4 Å². The highest BCUT2D eigenvalue weighted by Gasteiger charge is 2.20. The van der Waals surface area contributed by atoms with Gasteiger partial charge in [-0.15, -0.1) is 0 Å². The Bertz CT molecular complexity index is 605. The first kappa shape index (κ1) is 14.6. The molecule has 1 aromatic heterocycles. The van der Waals surface area contributed by atoms with Crippen LogP contribution in [-0.2, 0) is 24.5 Å². The number of hydrogen-bond acceptors (Lipinski definition) is 3. The molecule has 2 aromatic rings. The zero-order valence-electron chi connectivity index (χ0n) is 12.2. The maximum Gasteiger partial charge on any atom is 0.130 e. The highest BCUT2D eigenvalue weighted by molar-refractivity contribution is 6.30. The molecule has 3 rings (SSSR count). The molecule has 1 N–H and O–H groups in total. The monoisotopic (exact) mass is 305 g/mol. The zero-order chi connectivity index (χ0) is 14.7. The van der Waals surface area contributed by atoms with E-state index in [9.17, 15) is 0 Å². The molecule has 1 fully saturated rings. The highest BCUT2D eigenvalue weighted by atomic mass is 35.5. The summed E-state index contributed by atoms with van der Waals surface area (Å²) < 4.78 is 11.4. The van der Waals surface area contributed by atoms with Crippen LogP contribution >= 0.6 is 11.6 Å². The number of aryl methyl sites for hydroxylation is 1. The summed E-state index contributed by atoms with van der Waals surface area (Å²) in [6.45, 7) is 3.91. The minimum absolute atomic E-state index is 0.483. The van der Waals surface area contributed by atoms with E-state index in [1.165, 1.54) is 18.4 Å². The van der Waals surface area contributed by atoms with Gasteiger partial charge in [0.1, 0.15) is 18.1 Å². The first-order chi connectivity index (χ1) is 10.2. The highest BCUT2D eigenvalue weighted by Crippen LogP contribution is 2.21. The van der Waals surface area contributed by atoms with E-state index in [0.29, 0.717) is 19.3 Å². The normalized spacial score (nSPS) is 14.6. The van der Waals surface area contributed by atoms with Crippen molar-refractivity contribution in [2.45, 2.75) is 45.6 Å². The van der Waals surface area contributed by atoms with Gasteiger partial charge in [0.25, 0.3) is 0 Å². The number of benzene rings is 1. The van der Waals surface area contributed by atoms with Crippen molar-refractivity contribution < 1.29 is 9.15 Å². The Morgan fingerprint density at radius 2 is 2.14 bits per heavy atom. The van der Waals surface area contributed by atoms with Crippen LogP contribution in [0.3, 0.4) is 0 Å². The van der Waals surface area contributed by atoms with E-state index in [4.69, 9.17) is 20.8 Å². The SMILES string of the molecule is Cc1oc(COCc2cccc(Cl)c2)cc1CNC1CC1. The molecule has 112 valence electrons. The quantitative estimate of drug-likeness (QED) is 0.832. The molecule has 21 heavy (non-hydrogen) atoms. The van der Waals surface area contributed by atoms with Crippen molar-refractivity contribution in [2.75, 3.05) is 0 Å². The van der Waals surface area contributed by atoms with E-state index in [0.717, 1.165) is 28.7 Å². The van der Waals surface area contributed by atoms with Crippen molar-refractivity contribution in [1.82, 2.24) is 5.32 Å². The third kappa shape index (κ3) is 4.34. The predicted molar refractivity (Wildman–Crippen MR) is 83.3 cm³/mol. The third-order valence-corrected chi connectivity index (χ3v) is 3.87. The lowest BCUT2D eigenvalue weighted by atomic mass is 10.2. The average molecular weight is 306 g/mol. The Kier molecular flexibility index (Phi) is 4.63. The van der Waals surface area contributed by atoms with Crippen molar-refractivity contribution >= 4 is 11.6 Å². The molecule has 0 bridgehead atoms. The van der Waals surface area contributed by atoms with Gasteiger partial charge in [0.05, 0.1) is 6.61 Å². The van der Waals surface area contributed by atoms with Crippen LogP contribution in [0.5, 0.6) is 0 Å². The van der Waals surface area contributed by atoms with Crippen LogP contribution in [0.1, 0.15) is 35.5 Å². The summed E-state index contributed by atoms with van der Waals surface area (Å²) in [5.41, 5.74) is 2.30. The number of halogens is 1. The van der Waals surface area contributed by atoms with Crippen LogP contribution in [0, 0.1) is 6.92 Å². The molecule has 0 saturated heterocycles. The number of rotatable bonds is 7. The van der Waals surface area contributed by atoms with Crippen LogP contribution < -0.4 is 5.32 Å². The van der Waals surface area contributed by atoms with Crippen molar-refractivity contribution in [3.05, 3.63) is 58.0 Å². The van der Waals surface area contributed by atoms with Gasteiger partial charge < -0.3 is 14.5 Å². The van der Waals surface area contributed by atoms with Gasteiger partial charge in [-0.05, 0) is 43.5 Å². The average Bonchev–Trinajstić information content (AvgIpc) is 3.21. The number of ether oxygens (including phenoxy) is 1. The van der Waals surface area contributed by atoms with Gasteiger partial charge in [-0.1, -0.05) is 23.7 Å². The lowest BCUT2D eigenvalue weighted by Gasteiger charge is -2.02. The second-order valence-electron chi connectivity index (χ2n) is 5.57. The van der Waals surface area contributed by atoms with Gasteiger partial charge in [-0.3, -0.25) is 0 Å². The van der Waals surface area contributed by atoms with Crippen LogP contribution in [0.4, 0.5) is 0 Å². The van der Waals surface area contributed by atoms with Gasteiger partial charge in [-0.25, -0.2) is 0 Å². The summed E-state index contributed by atoms with van der Waals surface area (Å²) in [6.07, 6.45) is 2.60. The van der Waals surface area contributed by atoms with Crippen molar-refractivity contribution in [3.63, 3.8) is 0 Å². The molecule has 1 saturated carbocycles. The number of hydrogen-bond donors (Lipinski definition) is 1. The smallest absolute Gasteiger partial charge is 0.130 e. The summed E-state index contributed by atoms with van der Waals surface area (Å²) >= 11 is 5.95. The van der Waals surface area contributed by atoms with Crippen LogP contribution in [0.2, 0.25) is 5.02 Å². The minimum atomic E-state index is 0.483. The molecule has 0 unspecified atom stereocenters. The lowest BCUT2D eigenvalue weighted by Crippen LogP contribution is -2.15. The molecule has 0 radical (unpaired) electrons. The number of furan rings is 1. The van der Waals surface area contributed by atoms with E-state index in [1.54, 1.807) is 0 Å². The Morgan fingerprint density at radius 3 is 2.90 bits per heavy atom. The van der Waals surface area contributed by atoms with Gasteiger partial charge >= 0.3 is 0 Å². The molecule has 0 amide bonds. The molecule has 1 aromatic carbocycles. The van der Waals surface area contributed by atoms with Gasteiger partial charge in [-0.2, -0.15) is 0 Å². The summed E-state index contributed by atoms with van der Waals surface area (Å²) in [4.78, 5) is 0. The molecule has 0 spiro atoms. The molecule has 1 heterocycles. The van der Waals surface area contributed by atoms with E-state index >= 15 is 0 Å². The zero-order valence-corrected chi connectivity index (χ0v) is 13.0. The van der Waals surface area contributed by atoms with Gasteiger partial charge in [0.15, 0.2) is 0 Å². The van der Waals surface area contributed by atoms with E-state index in [-0.39, 0.29) is 0 Å². The first-order valence-corrected chi connectivity index (χ1v) is 7.72. The molecule has 3 nitrogen and oxygen atoms in total. The van der Waals surface area contributed by atoms with Crippen molar-refractivity contribution in [1.29, 1.82) is 0 Å². The fraction of sp³-hybridized carbons (Fsp3) is 0.412. The van der Waals surface area contributed by atoms with Crippen LogP contribution in [0.15, 0.2) is 34.7 Å². The molecule has 0 aliphatic heterocycles. The van der Waals surface area contributed by atoms with Gasteiger partial charge in [0, 0.05) is 23.2 Å². The fourth-order valence-electron chi connectivity index (χ4n) is 2.27. The standard InChI is InChI=1S/C17H20ClNO2/c1-12-14(9-19-16-5-6-16)8-17(21-12)11-20-10-13-3-2-4-15(18)7-13/h2-4,7-8,16,19H,5-6,9-11H2,1H3. The van der Waals surface area contributed by atoms with Crippen LogP contribution in [0.25, 0.3) is 0 Å². The molecular formula is C17H20ClNO2. The molecule has 4 heteroatoms. The van der Waals surface area contributed by atoms with Crippen molar-refractivity contribution in [3.8, 4) is 0 Å². The Morgan fingerprint density at radius 1 is 1.29 bits per heavy atom.